The highest BCUT2D eigenvalue weighted by atomic mass is 35.5. The monoisotopic (exact) mass is 405 g/mol. The van der Waals surface area contributed by atoms with Crippen molar-refractivity contribution in [3.63, 3.8) is 0 Å². The predicted molar refractivity (Wildman–Crippen MR) is 101 cm³/mol. The van der Waals surface area contributed by atoms with Gasteiger partial charge in [-0.05, 0) is 24.3 Å². The van der Waals surface area contributed by atoms with Crippen molar-refractivity contribution in [2.45, 2.75) is 18.2 Å². The molecule has 0 radical (unpaired) electrons. The van der Waals surface area contributed by atoms with Crippen molar-refractivity contribution >= 4 is 29.3 Å². The maximum atomic E-state index is 13.8. The van der Waals surface area contributed by atoms with Crippen molar-refractivity contribution < 1.29 is 13.6 Å². The van der Waals surface area contributed by atoms with E-state index in [4.69, 9.17) is 11.6 Å². The number of fused-ring (bicyclic) bond motifs is 1. The number of carbonyl (C=O) groups is 1. The van der Waals surface area contributed by atoms with Crippen LogP contribution in [0.1, 0.15) is 16.1 Å². The van der Waals surface area contributed by atoms with Gasteiger partial charge in [-0.3, -0.25) is 4.79 Å². The van der Waals surface area contributed by atoms with Gasteiger partial charge in [-0.2, -0.15) is 0 Å². The van der Waals surface area contributed by atoms with Crippen molar-refractivity contribution in [2.24, 2.45) is 0 Å². The summed E-state index contributed by atoms with van der Waals surface area (Å²) < 4.78 is 29.7. The van der Waals surface area contributed by atoms with Crippen LogP contribution in [0.15, 0.2) is 47.6 Å². The van der Waals surface area contributed by atoms with Crippen molar-refractivity contribution in [3.8, 4) is 11.3 Å². The van der Waals surface area contributed by atoms with Crippen LogP contribution in [-0.2, 0) is 13.1 Å². The molecule has 2 aromatic carbocycles. The number of hydrogen-bond donors (Lipinski definition) is 1. The minimum absolute atomic E-state index is 0.109. The molecule has 0 bridgehead atoms. The summed E-state index contributed by atoms with van der Waals surface area (Å²) in [6, 6.07) is 10.6. The molecule has 0 atom stereocenters. The molecule has 1 aliphatic heterocycles. The molecule has 1 aromatic heterocycles. The summed E-state index contributed by atoms with van der Waals surface area (Å²) in [5.74, 6) is -1.68. The number of carbonyl (C=O) groups excluding carboxylic acids is 1. The number of aromatic nitrogens is 2. The quantitative estimate of drug-likeness (QED) is 0.694. The third kappa shape index (κ3) is 3.44. The lowest BCUT2D eigenvalue weighted by atomic mass is 10.1. The third-order valence-electron chi connectivity index (χ3n) is 4.31. The van der Waals surface area contributed by atoms with Gasteiger partial charge in [-0.25, -0.2) is 13.8 Å². The second kappa shape index (κ2) is 7.32. The maximum Gasteiger partial charge on any atom is 0.257 e. The SMILES string of the molecule is O=C(NCc1c(-c2ccc(Cl)cc2)nc2n1CCS2)c1c(F)cccc1F. The second-order valence-corrected chi connectivity index (χ2v) is 7.47. The van der Waals surface area contributed by atoms with Gasteiger partial charge in [0.25, 0.3) is 5.91 Å². The van der Waals surface area contributed by atoms with Gasteiger partial charge in [-0.15, -0.1) is 0 Å². The summed E-state index contributed by atoms with van der Waals surface area (Å²) >= 11 is 7.59. The van der Waals surface area contributed by atoms with E-state index in [9.17, 15) is 13.6 Å². The molecule has 138 valence electrons. The summed E-state index contributed by atoms with van der Waals surface area (Å²) in [6.45, 7) is 0.873. The lowest BCUT2D eigenvalue weighted by molar-refractivity contribution is 0.0941. The van der Waals surface area contributed by atoms with E-state index in [0.29, 0.717) is 5.02 Å². The van der Waals surface area contributed by atoms with Crippen LogP contribution in [0.5, 0.6) is 0 Å². The Labute approximate surface area is 163 Å². The Kier molecular flexibility index (Phi) is 4.88. The molecule has 1 aliphatic rings. The van der Waals surface area contributed by atoms with Gasteiger partial charge in [0.05, 0.1) is 17.9 Å². The van der Waals surface area contributed by atoms with E-state index in [0.717, 1.165) is 46.5 Å². The van der Waals surface area contributed by atoms with Crippen LogP contribution in [0, 0.1) is 11.6 Å². The molecule has 4 rings (SSSR count). The van der Waals surface area contributed by atoms with Gasteiger partial charge in [0.2, 0.25) is 0 Å². The van der Waals surface area contributed by atoms with E-state index in [2.05, 4.69) is 10.3 Å². The third-order valence-corrected chi connectivity index (χ3v) is 5.52. The molecule has 0 fully saturated rings. The molecule has 0 spiro atoms. The lowest BCUT2D eigenvalue weighted by Gasteiger charge is -2.11. The largest absolute Gasteiger partial charge is 0.346 e. The average Bonchev–Trinajstić information content (AvgIpc) is 3.22. The number of benzene rings is 2. The van der Waals surface area contributed by atoms with E-state index in [-0.39, 0.29) is 6.54 Å². The van der Waals surface area contributed by atoms with Crippen LogP contribution in [0.2, 0.25) is 5.02 Å². The molecular weight excluding hydrogens is 392 g/mol. The molecule has 0 unspecified atom stereocenters. The highest BCUT2D eigenvalue weighted by Gasteiger charge is 2.24. The first kappa shape index (κ1) is 18.0. The molecule has 1 N–H and O–H groups in total. The number of nitrogens with one attached hydrogen (secondary N) is 1. The van der Waals surface area contributed by atoms with E-state index in [1.54, 1.807) is 23.9 Å². The molecule has 2 heterocycles. The zero-order valence-corrected chi connectivity index (χ0v) is 15.6. The Hall–Kier alpha value is -2.38. The number of hydrogen-bond acceptors (Lipinski definition) is 3. The van der Waals surface area contributed by atoms with Gasteiger partial charge in [0.15, 0.2) is 5.16 Å². The Morgan fingerprint density at radius 1 is 1.19 bits per heavy atom. The van der Waals surface area contributed by atoms with Crippen LogP contribution in [0.4, 0.5) is 8.78 Å². The van der Waals surface area contributed by atoms with E-state index >= 15 is 0 Å². The molecule has 4 nitrogen and oxygen atoms in total. The highest BCUT2D eigenvalue weighted by molar-refractivity contribution is 7.99. The van der Waals surface area contributed by atoms with E-state index < -0.39 is 23.1 Å². The van der Waals surface area contributed by atoms with Crippen LogP contribution in [-0.4, -0.2) is 21.2 Å². The normalized spacial score (nSPS) is 12.9. The number of thioether (sulfide) groups is 1. The average molecular weight is 406 g/mol. The zero-order valence-electron chi connectivity index (χ0n) is 14.0. The first-order chi connectivity index (χ1) is 13.0. The fourth-order valence-corrected chi connectivity index (χ4v) is 4.11. The minimum Gasteiger partial charge on any atom is -0.346 e. The van der Waals surface area contributed by atoms with Crippen molar-refractivity contribution in [1.82, 2.24) is 14.9 Å². The van der Waals surface area contributed by atoms with Crippen LogP contribution in [0.25, 0.3) is 11.3 Å². The molecule has 27 heavy (non-hydrogen) atoms. The second-order valence-electron chi connectivity index (χ2n) is 5.98. The van der Waals surface area contributed by atoms with Crippen LogP contribution < -0.4 is 5.32 Å². The predicted octanol–water partition coefficient (Wildman–Crippen LogP) is 4.52. The maximum absolute atomic E-state index is 13.8. The van der Waals surface area contributed by atoms with Gasteiger partial charge in [0, 0.05) is 22.9 Å². The fourth-order valence-electron chi connectivity index (χ4n) is 3.02. The van der Waals surface area contributed by atoms with Gasteiger partial charge >= 0.3 is 0 Å². The fraction of sp³-hybridized carbons (Fsp3) is 0.158. The van der Waals surface area contributed by atoms with E-state index in [1.807, 2.05) is 16.7 Å². The van der Waals surface area contributed by atoms with Crippen LogP contribution in [0.3, 0.4) is 0 Å². The topological polar surface area (TPSA) is 46.9 Å². The molecule has 0 aliphatic carbocycles. The lowest BCUT2D eigenvalue weighted by Crippen LogP contribution is -2.26. The standard InChI is InChI=1S/C19H14ClF2N3OS/c20-12-6-4-11(5-7-12)17-15(25-8-9-27-19(25)24-17)10-23-18(26)16-13(21)2-1-3-14(16)22/h1-7H,8-10H2,(H,23,26). The number of halogens is 3. The number of imidazole rings is 1. The summed E-state index contributed by atoms with van der Waals surface area (Å²) in [4.78, 5) is 17.0. The number of rotatable bonds is 4. The zero-order chi connectivity index (χ0) is 19.0. The summed E-state index contributed by atoms with van der Waals surface area (Å²) in [5.41, 5.74) is 1.80. The van der Waals surface area contributed by atoms with Crippen LogP contribution >= 0.6 is 23.4 Å². The summed E-state index contributed by atoms with van der Waals surface area (Å²) in [5, 5.41) is 4.10. The van der Waals surface area contributed by atoms with E-state index in [1.165, 1.54) is 6.07 Å². The molecule has 0 saturated carbocycles. The molecular formula is C19H14ClF2N3OS. The summed E-state index contributed by atoms with van der Waals surface area (Å²) in [7, 11) is 0. The number of amides is 1. The Morgan fingerprint density at radius 2 is 1.89 bits per heavy atom. The molecule has 8 heteroatoms. The van der Waals surface area contributed by atoms with Gasteiger partial charge < -0.3 is 9.88 Å². The van der Waals surface area contributed by atoms with Crippen molar-refractivity contribution in [2.75, 3.05) is 5.75 Å². The first-order valence-corrected chi connectivity index (χ1v) is 9.61. The Morgan fingerprint density at radius 3 is 2.59 bits per heavy atom. The van der Waals surface area contributed by atoms with Gasteiger partial charge in [-0.1, -0.05) is 41.6 Å². The minimum atomic E-state index is -0.889. The van der Waals surface area contributed by atoms with Crippen molar-refractivity contribution in [3.05, 3.63) is 70.4 Å². The van der Waals surface area contributed by atoms with Gasteiger partial charge in [0.1, 0.15) is 17.2 Å². The highest BCUT2D eigenvalue weighted by Crippen LogP contribution is 2.33. The number of nitrogens with zero attached hydrogens (tertiary/aromatic N) is 2. The molecule has 0 saturated heterocycles. The molecule has 3 aromatic rings. The Bertz CT molecular complexity index is 1000. The van der Waals surface area contributed by atoms with Crippen molar-refractivity contribution in [1.29, 1.82) is 0 Å². The first-order valence-electron chi connectivity index (χ1n) is 8.25. The summed E-state index contributed by atoms with van der Waals surface area (Å²) in [6.07, 6.45) is 0. The molecule has 1 amide bonds. The Balaban J connectivity index is 1.64. The smallest absolute Gasteiger partial charge is 0.257 e.